The van der Waals surface area contributed by atoms with Gasteiger partial charge in [0.05, 0.1) is 10.8 Å². The van der Waals surface area contributed by atoms with Crippen molar-refractivity contribution in [3.05, 3.63) is 41.6 Å². The first kappa shape index (κ1) is 22.6. The molecule has 4 aromatic rings. The van der Waals surface area contributed by atoms with Gasteiger partial charge in [-0.2, -0.15) is 0 Å². The van der Waals surface area contributed by atoms with Gasteiger partial charge in [0.1, 0.15) is 9.66 Å². The minimum Gasteiger partial charge on any atom is -0.290 e. The largest absolute Gasteiger partial charge is 0.290 e. The molecule has 0 saturated carbocycles. The lowest BCUT2D eigenvalue weighted by Gasteiger charge is -2.08. The second-order valence-electron chi connectivity index (χ2n) is 7.49. The summed E-state index contributed by atoms with van der Waals surface area (Å²) in [5.74, 6) is 1.69. The van der Waals surface area contributed by atoms with Crippen molar-refractivity contribution in [3.8, 4) is 0 Å². The summed E-state index contributed by atoms with van der Waals surface area (Å²) in [6.45, 7) is 8.03. The molecule has 4 heterocycles. The molecule has 0 spiro atoms. The first-order chi connectivity index (χ1) is 14.7. The normalized spacial score (nSPS) is 11.8. The Morgan fingerprint density at radius 1 is 0.742 bits per heavy atom. The number of rotatable bonds is 6. The third-order valence-electron chi connectivity index (χ3n) is 5.49. The molecule has 0 atom stereocenters. The van der Waals surface area contributed by atoms with Gasteiger partial charge in [0.25, 0.3) is 11.1 Å². The number of aromatic nitrogens is 4. The van der Waals surface area contributed by atoms with Crippen LogP contribution in [0.4, 0.5) is 0 Å². The molecule has 0 unspecified atom stereocenters. The molecule has 0 amide bonds. The van der Waals surface area contributed by atoms with Gasteiger partial charge < -0.3 is 0 Å². The Kier molecular flexibility index (Phi) is 6.35. The van der Waals surface area contributed by atoms with E-state index in [2.05, 4.69) is 0 Å². The zero-order valence-corrected chi connectivity index (χ0v) is 21.6. The quantitative estimate of drug-likeness (QED) is 0.219. The van der Waals surface area contributed by atoms with Crippen molar-refractivity contribution in [2.75, 3.05) is 11.5 Å². The minimum atomic E-state index is 0.0257. The van der Waals surface area contributed by atoms with E-state index in [1.165, 1.54) is 0 Å². The molecular formula is C21H24N4O2S4. The molecule has 6 nitrogen and oxygen atoms in total. The molecule has 0 fully saturated rings. The Morgan fingerprint density at radius 3 is 1.52 bits per heavy atom. The van der Waals surface area contributed by atoms with Gasteiger partial charge in [-0.1, -0.05) is 23.5 Å². The first-order valence-corrected chi connectivity index (χ1v) is 13.5. The fraction of sp³-hybridized carbons (Fsp3) is 0.429. The zero-order chi connectivity index (χ0) is 22.4. The Hall–Kier alpha value is -1.62. The predicted octanol–water partition coefficient (Wildman–Crippen LogP) is 4.81. The highest BCUT2D eigenvalue weighted by Gasteiger charge is 2.16. The maximum absolute atomic E-state index is 12.7. The van der Waals surface area contributed by atoms with Crippen LogP contribution in [0.3, 0.4) is 0 Å². The number of hydrogen-bond acceptors (Lipinski definition) is 8. The molecule has 4 aromatic heterocycles. The molecule has 0 aliphatic rings. The summed E-state index contributed by atoms with van der Waals surface area (Å²) in [6.07, 6.45) is 0.919. The Morgan fingerprint density at radius 2 is 1.13 bits per heavy atom. The highest BCUT2D eigenvalue weighted by molar-refractivity contribution is 8.00. The first-order valence-electron chi connectivity index (χ1n) is 9.89. The van der Waals surface area contributed by atoms with Crippen LogP contribution in [0.15, 0.2) is 19.9 Å². The van der Waals surface area contributed by atoms with Gasteiger partial charge in [-0.25, -0.2) is 9.97 Å². The molecule has 164 valence electrons. The number of nitrogens with zero attached hydrogens (tertiary/aromatic N) is 4. The molecule has 0 aromatic carbocycles. The van der Waals surface area contributed by atoms with Gasteiger partial charge in [0, 0.05) is 35.4 Å². The highest BCUT2D eigenvalue weighted by atomic mass is 32.2. The molecule has 0 N–H and O–H groups in total. The standard InChI is InChI=1S/C21H24N4O2S4/c1-10-12(3)30-16-14(10)18(26)24(5)20(22-16)28-8-7-9-29-21-23-17-15(19(27)25(21)6)11(2)13(4)31-17/h7-9H2,1-6H3. The average molecular weight is 493 g/mol. The lowest BCUT2D eigenvalue weighted by atomic mass is 10.2. The van der Waals surface area contributed by atoms with Crippen molar-refractivity contribution >= 4 is 66.6 Å². The molecule has 0 aliphatic heterocycles. The summed E-state index contributed by atoms with van der Waals surface area (Å²) >= 11 is 6.36. The SMILES string of the molecule is Cc1sc2nc(SCCCSc3nc4sc(C)c(C)c4c(=O)n3C)n(C)c(=O)c2c1C. The molecule has 31 heavy (non-hydrogen) atoms. The van der Waals surface area contributed by atoms with E-state index in [1.54, 1.807) is 69.4 Å². The molecule has 0 radical (unpaired) electrons. The van der Waals surface area contributed by atoms with E-state index in [-0.39, 0.29) is 11.1 Å². The maximum Gasteiger partial charge on any atom is 0.262 e. The van der Waals surface area contributed by atoms with Crippen molar-refractivity contribution in [2.24, 2.45) is 14.1 Å². The lowest BCUT2D eigenvalue weighted by molar-refractivity contribution is 0.725. The van der Waals surface area contributed by atoms with Crippen LogP contribution < -0.4 is 11.1 Å². The summed E-state index contributed by atoms with van der Waals surface area (Å²) in [7, 11) is 3.58. The zero-order valence-electron chi connectivity index (χ0n) is 18.4. The third kappa shape index (κ3) is 3.99. The summed E-state index contributed by atoms with van der Waals surface area (Å²) < 4.78 is 3.31. The highest BCUT2D eigenvalue weighted by Crippen LogP contribution is 2.30. The van der Waals surface area contributed by atoms with Crippen LogP contribution in [0.5, 0.6) is 0 Å². The van der Waals surface area contributed by atoms with Crippen molar-refractivity contribution in [1.29, 1.82) is 0 Å². The van der Waals surface area contributed by atoms with Gasteiger partial charge in [-0.15, -0.1) is 22.7 Å². The number of fused-ring (bicyclic) bond motifs is 2. The van der Waals surface area contributed by atoms with Crippen LogP contribution in [-0.2, 0) is 14.1 Å². The van der Waals surface area contributed by atoms with E-state index >= 15 is 0 Å². The Bertz CT molecular complexity index is 1320. The van der Waals surface area contributed by atoms with Crippen molar-refractivity contribution in [2.45, 2.75) is 44.4 Å². The molecule has 4 rings (SSSR count). The number of thiophene rings is 2. The van der Waals surface area contributed by atoms with E-state index in [9.17, 15) is 9.59 Å². The van der Waals surface area contributed by atoms with Crippen LogP contribution in [-0.4, -0.2) is 30.6 Å². The molecular weight excluding hydrogens is 469 g/mol. The summed E-state index contributed by atoms with van der Waals surface area (Å²) in [5, 5.41) is 2.98. The summed E-state index contributed by atoms with van der Waals surface area (Å²) in [4.78, 5) is 38.8. The van der Waals surface area contributed by atoms with Gasteiger partial charge in [-0.05, 0) is 45.2 Å². The minimum absolute atomic E-state index is 0.0257. The molecule has 0 bridgehead atoms. The summed E-state index contributed by atoms with van der Waals surface area (Å²) in [5.41, 5.74) is 2.12. The van der Waals surface area contributed by atoms with Gasteiger partial charge >= 0.3 is 0 Å². The van der Waals surface area contributed by atoms with E-state index in [0.717, 1.165) is 69.6 Å². The fourth-order valence-electron chi connectivity index (χ4n) is 3.36. The van der Waals surface area contributed by atoms with Crippen LogP contribution in [0.2, 0.25) is 0 Å². The fourth-order valence-corrected chi connectivity index (χ4v) is 7.50. The van der Waals surface area contributed by atoms with Crippen molar-refractivity contribution < 1.29 is 0 Å². The van der Waals surface area contributed by atoms with E-state index < -0.39 is 0 Å². The van der Waals surface area contributed by atoms with Crippen molar-refractivity contribution in [3.63, 3.8) is 0 Å². The monoisotopic (exact) mass is 492 g/mol. The van der Waals surface area contributed by atoms with E-state index in [0.29, 0.717) is 0 Å². The average Bonchev–Trinajstić information content (AvgIpc) is 3.17. The number of hydrogen-bond donors (Lipinski definition) is 0. The predicted molar refractivity (Wildman–Crippen MR) is 135 cm³/mol. The van der Waals surface area contributed by atoms with Gasteiger partial charge in [0.15, 0.2) is 10.3 Å². The van der Waals surface area contributed by atoms with Crippen LogP contribution in [0.1, 0.15) is 27.3 Å². The molecule has 10 heteroatoms. The smallest absolute Gasteiger partial charge is 0.262 e. The third-order valence-corrected chi connectivity index (χ3v) is 9.92. The van der Waals surface area contributed by atoms with Gasteiger partial charge in [0.2, 0.25) is 0 Å². The Labute approximate surface area is 196 Å². The van der Waals surface area contributed by atoms with Crippen molar-refractivity contribution in [1.82, 2.24) is 19.1 Å². The van der Waals surface area contributed by atoms with E-state index in [1.807, 2.05) is 27.7 Å². The second kappa shape index (κ2) is 8.73. The lowest BCUT2D eigenvalue weighted by Crippen LogP contribution is -2.20. The number of thioether (sulfide) groups is 2. The summed E-state index contributed by atoms with van der Waals surface area (Å²) in [6, 6.07) is 0. The maximum atomic E-state index is 12.7. The molecule has 0 saturated heterocycles. The van der Waals surface area contributed by atoms with Gasteiger partial charge in [-0.3, -0.25) is 18.7 Å². The van der Waals surface area contributed by atoms with Crippen LogP contribution in [0.25, 0.3) is 20.4 Å². The Balaban J connectivity index is 1.43. The molecule has 0 aliphatic carbocycles. The number of aryl methyl sites for hydroxylation is 4. The topological polar surface area (TPSA) is 69.8 Å². The van der Waals surface area contributed by atoms with E-state index in [4.69, 9.17) is 9.97 Å². The van der Waals surface area contributed by atoms with Crippen LogP contribution in [0, 0.1) is 27.7 Å². The van der Waals surface area contributed by atoms with Crippen LogP contribution >= 0.6 is 46.2 Å². The second-order valence-corrected chi connectivity index (χ2v) is 12.0.